The van der Waals surface area contributed by atoms with Crippen molar-refractivity contribution < 1.29 is 4.39 Å². The van der Waals surface area contributed by atoms with Gasteiger partial charge in [-0.3, -0.25) is 0 Å². The second-order valence-electron chi connectivity index (χ2n) is 4.15. The van der Waals surface area contributed by atoms with E-state index in [1.807, 2.05) is 19.1 Å². The van der Waals surface area contributed by atoms with Crippen LogP contribution >= 0.6 is 0 Å². The van der Waals surface area contributed by atoms with Crippen LogP contribution in [0.25, 0.3) is 0 Å². The van der Waals surface area contributed by atoms with Gasteiger partial charge in [-0.05, 0) is 50.6 Å². The van der Waals surface area contributed by atoms with Crippen molar-refractivity contribution in [2.24, 2.45) is 0 Å². The first-order valence-electron chi connectivity index (χ1n) is 5.49. The molecule has 82 valence electrons. The van der Waals surface area contributed by atoms with Crippen LogP contribution in [0.2, 0.25) is 0 Å². The Kier molecular flexibility index (Phi) is 3.21. The number of benzene rings is 1. The van der Waals surface area contributed by atoms with E-state index >= 15 is 0 Å². The summed E-state index contributed by atoms with van der Waals surface area (Å²) >= 11 is 0. The topological polar surface area (TPSA) is 24.1 Å². The predicted molar refractivity (Wildman–Crippen MR) is 60.7 cm³/mol. The van der Waals surface area contributed by atoms with E-state index in [2.05, 4.69) is 10.6 Å². The summed E-state index contributed by atoms with van der Waals surface area (Å²) in [6.45, 7) is 3.94. The zero-order valence-electron chi connectivity index (χ0n) is 9.02. The van der Waals surface area contributed by atoms with Crippen molar-refractivity contribution in [2.75, 3.05) is 18.4 Å². The highest BCUT2D eigenvalue weighted by atomic mass is 19.1. The number of piperidine rings is 1. The molecule has 1 heterocycles. The summed E-state index contributed by atoms with van der Waals surface area (Å²) in [5.41, 5.74) is 1.59. The van der Waals surface area contributed by atoms with E-state index in [0.717, 1.165) is 31.5 Å². The average molecular weight is 208 g/mol. The van der Waals surface area contributed by atoms with Gasteiger partial charge in [0.2, 0.25) is 0 Å². The minimum atomic E-state index is -0.145. The Balaban J connectivity index is 2.03. The van der Waals surface area contributed by atoms with Crippen molar-refractivity contribution in [1.82, 2.24) is 5.32 Å². The lowest BCUT2D eigenvalue weighted by atomic mass is 10.1. The number of anilines is 1. The molecular formula is C12H17FN2. The number of hydrogen-bond donors (Lipinski definition) is 2. The maximum Gasteiger partial charge on any atom is 0.146 e. The van der Waals surface area contributed by atoms with Crippen LogP contribution in [0, 0.1) is 12.7 Å². The van der Waals surface area contributed by atoms with Crippen LogP contribution in [0.4, 0.5) is 10.1 Å². The Bertz CT molecular complexity index is 332. The van der Waals surface area contributed by atoms with Crippen LogP contribution in [0.3, 0.4) is 0 Å². The zero-order valence-corrected chi connectivity index (χ0v) is 9.02. The highest BCUT2D eigenvalue weighted by molar-refractivity contribution is 5.47. The molecule has 0 atom stereocenters. The maximum absolute atomic E-state index is 13.5. The van der Waals surface area contributed by atoms with E-state index in [1.165, 1.54) is 0 Å². The van der Waals surface area contributed by atoms with E-state index in [0.29, 0.717) is 11.7 Å². The molecule has 0 bridgehead atoms. The normalized spacial score (nSPS) is 17.7. The SMILES string of the molecule is Cc1ccc(NC2CCNCC2)c(F)c1. The van der Waals surface area contributed by atoms with Crippen molar-refractivity contribution in [3.63, 3.8) is 0 Å². The molecule has 1 aromatic carbocycles. The Hall–Kier alpha value is -1.09. The van der Waals surface area contributed by atoms with E-state index in [9.17, 15) is 4.39 Å². The Morgan fingerprint density at radius 1 is 1.33 bits per heavy atom. The first kappa shape index (κ1) is 10.4. The van der Waals surface area contributed by atoms with Gasteiger partial charge < -0.3 is 10.6 Å². The van der Waals surface area contributed by atoms with Gasteiger partial charge in [-0.1, -0.05) is 6.07 Å². The first-order valence-corrected chi connectivity index (χ1v) is 5.49. The summed E-state index contributed by atoms with van der Waals surface area (Å²) in [4.78, 5) is 0. The number of aryl methyl sites for hydroxylation is 1. The minimum Gasteiger partial charge on any atom is -0.380 e. The van der Waals surface area contributed by atoms with Gasteiger partial charge in [-0.2, -0.15) is 0 Å². The van der Waals surface area contributed by atoms with Gasteiger partial charge in [-0.15, -0.1) is 0 Å². The maximum atomic E-state index is 13.5. The lowest BCUT2D eigenvalue weighted by Gasteiger charge is -2.24. The molecule has 1 aromatic rings. The van der Waals surface area contributed by atoms with Crippen LogP contribution in [0.1, 0.15) is 18.4 Å². The van der Waals surface area contributed by atoms with E-state index in [4.69, 9.17) is 0 Å². The minimum absolute atomic E-state index is 0.145. The van der Waals surface area contributed by atoms with Crippen LogP contribution < -0.4 is 10.6 Å². The number of rotatable bonds is 2. The van der Waals surface area contributed by atoms with Crippen LogP contribution in [-0.4, -0.2) is 19.1 Å². The van der Waals surface area contributed by atoms with Gasteiger partial charge in [0, 0.05) is 6.04 Å². The summed E-state index contributed by atoms with van der Waals surface area (Å²) in [6, 6.07) is 5.74. The monoisotopic (exact) mass is 208 g/mol. The van der Waals surface area contributed by atoms with E-state index in [-0.39, 0.29) is 5.82 Å². The molecule has 0 spiro atoms. The van der Waals surface area contributed by atoms with Crippen molar-refractivity contribution in [3.8, 4) is 0 Å². The molecule has 0 aliphatic carbocycles. The molecule has 2 N–H and O–H groups in total. The number of hydrogen-bond acceptors (Lipinski definition) is 2. The molecule has 0 amide bonds. The van der Waals surface area contributed by atoms with Gasteiger partial charge >= 0.3 is 0 Å². The molecule has 15 heavy (non-hydrogen) atoms. The molecule has 1 aliphatic rings. The molecule has 1 saturated heterocycles. The summed E-state index contributed by atoms with van der Waals surface area (Å²) in [6.07, 6.45) is 2.13. The third kappa shape index (κ3) is 2.69. The van der Waals surface area contributed by atoms with Crippen LogP contribution in [-0.2, 0) is 0 Å². The molecule has 0 aromatic heterocycles. The molecule has 3 heteroatoms. The van der Waals surface area contributed by atoms with Gasteiger partial charge in [0.05, 0.1) is 5.69 Å². The molecular weight excluding hydrogens is 191 g/mol. The fourth-order valence-electron chi connectivity index (χ4n) is 1.92. The Morgan fingerprint density at radius 2 is 2.07 bits per heavy atom. The van der Waals surface area contributed by atoms with Crippen molar-refractivity contribution >= 4 is 5.69 Å². The summed E-state index contributed by atoms with van der Waals surface area (Å²) in [7, 11) is 0. The quantitative estimate of drug-likeness (QED) is 0.779. The zero-order chi connectivity index (χ0) is 10.7. The smallest absolute Gasteiger partial charge is 0.146 e. The highest BCUT2D eigenvalue weighted by Crippen LogP contribution is 2.18. The fourth-order valence-corrected chi connectivity index (χ4v) is 1.92. The predicted octanol–water partition coefficient (Wildman–Crippen LogP) is 2.30. The number of nitrogens with one attached hydrogen (secondary N) is 2. The highest BCUT2D eigenvalue weighted by Gasteiger charge is 2.13. The van der Waals surface area contributed by atoms with Gasteiger partial charge in [0.25, 0.3) is 0 Å². The standard InChI is InChI=1S/C12H17FN2/c1-9-2-3-12(11(13)8-9)15-10-4-6-14-7-5-10/h2-3,8,10,14-15H,4-7H2,1H3. The third-order valence-electron chi connectivity index (χ3n) is 2.82. The van der Waals surface area contributed by atoms with E-state index in [1.54, 1.807) is 6.07 Å². The molecule has 2 nitrogen and oxygen atoms in total. The third-order valence-corrected chi connectivity index (χ3v) is 2.82. The first-order chi connectivity index (χ1) is 7.25. The lowest BCUT2D eigenvalue weighted by molar-refractivity contribution is 0.477. The van der Waals surface area contributed by atoms with Crippen LogP contribution in [0.15, 0.2) is 18.2 Å². The largest absolute Gasteiger partial charge is 0.380 e. The molecule has 1 fully saturated rings. The van der Waals surface area contributed by atoms with Crippen molar-refractivity contribution in [1.29, 1.82) is 0 Å². The molecule has 0 saturated carbocycles. The lowest BCUT2D eigenvalue weighted by Crippen LogP contribution is -2.35. The summed E-state index contributed by atoms with van der Waals surface area (Å²) in [5, 5.41) is 6.55. The summed E-state index contributed by atoms with van der Waals surface area (Å²) in [5.74, 6) is -0.145. The van der Waals surface area contributed by atoms with Gasteiger partial charge in [0.15, 0.2) is 0 Å². The van der Waals surface area contributed by atoms with Gasteiger partial charge in [0.1, 0.15) is 5.82 Å². The second-order valence-corrected chi connectivity index (χ2v) is 4.15. The average Bonchev–Trinajstić information content (AvgIpc) is 2.24. The number of halogens is 1. The van der Waals surface area contributed by atoms with Crippen LogP contribution in [0.5, 0.6) is 0 Å². The van der Waals surface area contributed by atoms with Crippen molar-refractivity contribution in [2.45, 2.75) is 25.8 Å². The summed E-state index contributed by atoms with van der Waals surface area (Å²) < 4.78 is 13.5. The second kappa shape index (κ2) is 4.62. The Labute approximate surface area is 89.9 Å². The molecule has 1 aliphatic heterocycles. The van der Waals surface area contributed by atoms with Gasteiger partial charge in [-0.25, -0.2) is 4.39 Å². The molecule has 2 rings (SSSR count). The fraction of sp³-hybridized carbons (Fsp3) is 0.500. The van der Waals surface area contributed by atoms with E-state index < -0.39 is 0 Å². The molecule has 0 radical (unpaired) electrons. The Morgan fingerprint density at radius 3 is 2.73 bits per heavy atom. The van der Waals surface area contributed by atoms with Crippen molar-refractivity contribution in [3.05, 3.63) is 29.6 Å². The molecule has 0 unspecified atom stereocenters.